The lowest BCUT2D eigenvalue weighted by Crippen LogP contribution is -2.56. The predicted molar refractivity (Wildman–Crippen MR) is 130 cm³/mol. The Balaban J connectivity index is 0.00000107. The van der Waals surface area contributed by atoms with Gasteiger partial charge in [-0.05, 0) is 53.0 Å². The molecule has 0 aliphatic carbocycles. The van der Waals surface area contributed by atoms with E-state index >= 15 is 0 Å². The highest BCUT2D eigenvalue weighted by Gasteiger charge is 2.33. The van der Waals surface area contributed by atoms with Gasteiger partial charge < -0.3 is 14.5 Å². The summed E-state index contributed by atoms with van der Waals surface area (Å²) in [6.07, 6.45) is 5.24. The molecule has 2 aliphatic heterocycles. The lowest BCUT2D eigenvalue weighted by atomic mass is 10.1. The van der Waals surface area contributed by atoms with Crippen molar-refractivity contribution in [3.8, 4) is 0 Å². The van der Waals surface area contributed by atoms with Crippen LogP contribution in [0.3, 0.4) is 0 Å². The zero-order valence-corrected chi connectivity index (χ0v) is 20.4. The number of rotatable bonds is 2. The van der Waals surface area contributed by atoms with Crippen LogP contribution in [0.1, 0.15) is 46.4 Å². The minimum Gasteiger partial charge on any atom is -0.444 e. The van der Waals surface area contributed by atoms with Gasteiger partial charge in [0.05, 0.1) is 6.04 Å². The molecule has 0 aromatic carbocycles. The normalized spacial score (nSPS) is 19.4. The third-order valence-electron chi connectivity index (χ3n) is 4.60. The highest BCUT2D eigenvalue weighted by Crippen LogP contribution is 2.30. The van der Waals surface area contributed by atoms with E-state index in [1.54, 1.807) is 28.5 Å². The topological polar surface area (TPSA) is 60.7 Å². The number of hydrogen-bond acceptors (Lipinski definition) is 7. The summed E-state index contributed by atoms with van der Waals surface area (Å²) in [5.41, 5.74) is 0.684. The van der Waals surface area contributed by atoms with Crippen LogP contribution in [0.4, 0.5) is 4.79 Å². The monoisotopic (exact) mass is 445 g/mol. The van der Waals surface area contributed by atoms with Crippen LogP contribution in [0.15, 0.2) is 46.5 Å². The van der Waals surface area contributed by atoms with E-state index in [9.17, 15) is 4.79 Å². The van der Waals surface area contributed by atoms with Crippen molar-refractivity contribution in [2.24, 2.45) is 10.1 Å². The van der Waals surface area contributed by atoms with Gasteiger partial charge in [-0.3, -0.25) is 0 Å². The summed E-state index contributed by atoms with van der Waals surface area (Å²) < 4.78 is 5.49. The molecular formula is C23H35N5O2S. The molecule has 0 spiro atoms. The van der Waals surface area contributed by atoms with Gasteiger partial charge in [-0.1, -0.05) is 12.1 Å². The Kier molecular flexibility index (Phi) is 8.86. The number of guanidine groups is 1. The van der Waals surface area contributed by atoms with Gasteiger partial charge in [0.15, 0.2) is 0 Å². The number of carbonyl (C=O) groups excluding carboxylic acids is 1. The van der Waals surface area contributed by atoms with Gasteiger partial charge in [-0.2, -0.15) is 5.10 Å². The number of thiophene rings is 1. The van der Waals surface area contributed by atoms with Gasteiger partial charge in [0.25, 0.3) is 0 Å². The van der Waals surface area contributed by atoms with Gasteiger partial charge in [0, 0.05) is 49.0 Å². The number of nitrogens with zero attached hydrogens (tertiary/aromatic N) is 5. The van der Waals surface area contributed by atoms with E-state index in [1.807, 2.05) is 45.8 Å². The quantitative estimate of drug-likeness (QED) is 0.480. The van der Waals surface area contributed by atoms with Gasteiger partial charge in [0.1, 0.15) is 5.60 Å². The van der Waals surface area contributed by atoms with Crippen LogP contribution in [0, 0.1) is 0 Å². The van der Waals surface area contributed by atoms with Gasteiger partial charge >= 0.3 is 6.09 Å². The van der Waals surface area contributed by atoms with Crippen molar-refractivity contribution in [2.75, 3.05) is 26.2 Å². The lowest BCUT2D eigenvalue weighted by Gasteiger charge is -2.41. The standard InChI is InChI=1S/C20H29N5O2S.C3H6/c1-6-22-25-15(2)16(17-8-7-13-28-17)14-21-18(25)23-9-11-24(12-10-23)19(26)27-20(3,4)5;1-3-2/h6-8,13-15H,9-12H2,1-5H3;3H,1H2,2H3/b22-6-;. The zero-order chi connectivity index (χ0) is 23.0. The average molecular weight is 446 g/mol. The van der Waals surface area contributed by atoms with Gasteiger partial charge in [-0.25, -0.2) is 14.8 Å². The number of aliphatic imine (C=N–C) groups is 1. The fourth-order valence-electron chi connectivity index (χ4n) is 3.23. The van der Waals surface area contributed by atoms with Crippen molar-refractivity contribution in [3.05, 3.63) is 41.2 Å². The molecular weight excluding hydrogens is 410 g/mol. The summed E-state index contributed by atoms with van der Waals surface area (Å²) in [6.45, 7) is 17.6. The van der Waals surface area contributed by atoms with E-state index in [2.05, 4.69) is 41.0 Å². The predicted octanol–water partition coefficient (Wildman–Crippen LogP) is 4.90. The first-order valence-corrected chi connectivity index (χ1v) is 11.5. The molecule has 3 rings (SSSR count). The van der Waals surface area contributed by atoms with Crippen LogP contribution >= 0.6 is 11.3 Å². The molecule has 8 heteroatoms. The maximum Gasteiger partial charge on any atom is 0.410 e. The Bertz CT molecular complexity index is 816. The van der Waals surface area contributed by atoms with Crippen molar-refractivity contribution < 1.29 is 9.53 Å². The minimum absolute atomic E-state index is 0.0891. The number of piperazine rings is 1. The van der Waals surface area contributed by atoms with Crippen molar-refractivity contribution in [2.45, 2.75) is 53.2 Å². The van der Waals surface area contributed by atoms with Crippen molar-refractivity contribution in [3.63, 3.8) is 0 Å². The molecule has 1 saturated heterocycles. The molecule has 0 N–H and O–H groups in total. The molecule has 31 heavy (non-hydrogen) atoms. The third-order valence-corrected chi connectivity index (χ3v) is 5.52. The van der Waals surface area contributed by atoms with E-state index in [0.29, 0.717) is 26.2 Å². The number of allylic oxidation sites excluding steroid dienone is 1. The second kappa shape index (κ2) is 11.1. The maximum atomic E-state index is 12.3. The fraction of sp³-hybridized carbons (Fsp3) is 0.522. The third kappa shape index (κ3) is 6.69. The van der Waals surface area contributed by atoms with E-state index in [4.69, 9.17) is 9.73 Å². The molecule has 1 aromatic rings. The number of ether oxygens (including phenoxy) is 1. The molecule has 7 nitrogen and oxygen atoms in total. The van der Waals surface area contributed by atoms with Crippen molar-refractivity contribution in [1.82, 2.24) is 14.8 Å². The molecule has 0 saturated carbocycles. The summed E-state index contributed by atoms with van der Waals surface area (Å²) in [5, 5.41) is 8.62. The Morgan fingerprint density at radius 1 is 1.29 bits per heavy atom. The molecule has 2 aliphatic rings. The summed E-state index contributed by atoms with van der Waals surface area (Å²) >= 11 is 1.71. The second-order valence-corrected chi connectivity index (χ2v) is 9.20. The molecule has 1 aromatic heterocycles. The first-order chi connectivity index (χ1) is 14.7. The molecule has 1 unspecified atom stereocenters. The Morgan fingerprint density at radius 3 is 2.45 bits per heavy atom. The van der Waals surface area contributed by atoms with Gasteiger partial charge in [-0.15, -0.1) is 17.9 Å². The Morgan fingerprint density at radius 2 is 1.94 bits per heavy atom. The molecule has 0 bridgehead atoms. The molecule has 1 atom stereocenters. The van der Waals surface area contributed by atoms with Crippen LogP contribution in [0.25, 0.3) is 5.57 Å². The molecule has 1 fully saturated rings. The van der Waals surface area contributed by atoms with E-state index in [-0.39, 0.29) is 12.1 Å². The molecule has 1 amide bonds. The highest BCUT2D eigenvalue weighted by atomic mass is 32.1. The van der Waals surface area contributed by atoms with Crippen LogP contribution in [0.2, 0.25) is 0 Å². The van der Waals surface area contributed by atoms with Crippen LogP contribution < -0.4 is 0 Å². The smallest absolute Gasteiger partial charge is 0.410 e. The van der Waals surface area contributed by atoms with Crippen LogP contribution in [-0.4, -0.2) is 70.9 Å². The maximum absolute atomic E-state index is 12.3. The van der Waals surface area contributed by atoms with Gasteiger partial charge in [0.2, 0.25) is 5.96 Å². The second-order valence-electron chi connectivity index (χ2n) is 8.25. The minimum atomic E-state index is -0.479. The first-order valence-electron chi connectivity index (χ1n) is 10.6. The largest absolute Gasteiger partial charge is 0.444 e. The van der Waals surface area contributed by atoms with Crippen molar-refractivity contribution >= 4 is 35.2 Å². The fourth-order valence-corrected chi connectivity index (χ4v) is 4.05. The number of carbonyl (C=O) groups is 1. The Labute approximate surface area is 190 Å². The summed E-state index contributed by atoms with van der Waals surface area (Å²) in [7, 11) is 0. The lowest BCUT2D eigenvalue weighted by molar-refractivity contribution is 0.0180. The first kappa shape index (κ1) is 24.7. The number of hydrazone groups is 1. The van der Waals surface area contributed by atoms with E-state index in [0.717, 1.165) is 11.5 Å². The van der Waals surface area contributed by atoms with E-state index in [1.165, 1.54) is 4.88 Å². The average Bonchev–Trinajstić information content (AvgIpc) is 3.23. The summed E-state index contributed by atoms with van der Waals surface area (Å²) in [6, 6.07) is 4.25. The van der Waals surface area contributed by atoms with Crippen LogP contribution in [0.5, 0.6) is 0 Å². The summed E-state index contributed by atoms with van der Waals surface area (Å²) in [5.74, 6) is 0.828. The number of amides is 1. The Hall–Kier alpha value is -2.61. The van der Waals surface area contributed by atoms with E-state index < -0.39 is 5.60 Å². The molecule has 3 heterocycles. The van der Waals surface area contributed by atoms with Crippen LogP contribution in [-0.2, 0) is 4.74 Å². The molecule has 0 radical (unpaired) electrons. The SMILES string of the molecule is C/C=N\N1C(N2CCN(C(=O)OC(C)(C)C)CC2)=NC=C(c2cccs2)C1C.C=CC. The zero-order valence-electron chi connectivity index (χ0n) is 19.5. The number of hydrogen-bond donors (Lipinski definition) is 0. The summed E-state index contributed by atoms with van der Waals surface area (Å²) in [4.78, 5) is 22.2. The molecule has 170 valence electrons. The van der Waals surface area contributed by atoms with Crippen molar-refractivity contribution in [1.29, 1.82) is 0 Å². The highest BCUT2D eigenvalue weighted by molar-refractivity contribution is 7.11.